The lowest BCUT2D eigenvalue weighted by Crippen LogP contribution is -2.49. The van der Waals surface area contributed by atoms with Crippen LogP contribution in [0.15, 0.2) is 36.4 Å². The van der Waals surface area contributed by atoms with Crippen LogP contribution in [0.1, 0.15) is 16.8 Å². The number of nitro benzene ring substituents is 1. The quantitative estimate of drug-likeness (QED) is 0.221. The summed E-state index contributed by atoms with van der Waals surface area (Å²) in [5, 5.41) is 12.5. The van der Waals surface area contributed by atoms with E-state index in [0.717, 1.165) is 23.2 Å². The minimum atomic E-state index is -0.560. The zero-order valence-corrected chi connectivity index (χ0v) is 19.7. The zero-order valence-electron chi connectivity index (χ0n) is 18.1. The normalized spacial score (nSPS) is 13.6. The molecule has 0 unspecified atom stereocenters. The number of nitro groups is 1. The lowest BCUT2D eigenvalue weighted by molar-refractivity contribution is -0.385. The van der Waals surface area contributed by atoms with Gasteiger partial charge in [0.1, 0.15) is 11.3 Å². The molecule has 1 amide bonds. The number of rotatable bonds is 9. The van der Waals surface area contributed by atoms with Crippen LogP contribution in [0.2, 0.25) is 0 Å². The fraction of sp³-hybridized carbons (Fsp3) is 0.409. The van der Waals surface area contributed by atoms with Gasteiger partial charge in [-0.1, -0.05) is 28.1 Å². The molecule has 2 aromatic carbocycles. The molecule has 0 spiro atoms. The minimum Gasteiger partial charge on any atom is -0.495 e. The molecule has 2 aromatic rings. The minimum absolute atomic E-state index is 0.00886. The summed E-state index contributed by atoms with van der Waals surface area (Å²) in [6, 6.07) is 10.4. The number of anilines is 1. The van der Waals surface area contributed by atoms with E-state index in [9.17, 15) is 14.9 Å². The van der Waals surface area contributed by atoms with Gasteiger partial charge in [0.25, 0.3) is 11.6 Å². The van der Waals surface area contributed by atoms with Crippen LogP contribution in [-0.4, -0.2) is 68.1 Å². The van der Waals surface area contributed by atoms with Gasteiger partial charge in [0.15, 0.2) is 11.5 Å². The van der Waals surface area contributed by atoms with E-state index in [1.807, 2.05) is 24.3 Å². The van der Waals surface area contributed by atoms with Crippen LogP contribution in [0, 0.1) is 10.1 Å². The second kappa shape index (κ2) is 11.0. The van der Waals surface area contributed by atoms with E-state index in [1.54, 1.807) is 12.0 Å². The Kier molecular flexibility index (Phi) is 8.15. The average molecular weight is 508 g/mol. The summed E-state index contributed by atoms with van der Waals surface area (Å²) >= 11 is 3.32. The molecule has 0 bridgehead atoms. The molecule has 0 aromatic heterocycles. The van der Waals surface area contributed by atoms with Gasteiger partial charge in [0, 0.05) is 37.6 Å². The van der Waals surface area contributed by atoms with Crippen LogP contribution in [0.5, 0.6) is 17.2 Å². The van der Waals surface area contributed by atoms with Gasteiger partial charge in [-0.25, -0.2) is 0 Å². The molecule has 0 saturated carbocycles. The number of halogens is 1. The molecule has 32 heavy (non-hydrogen) atoms. The number of benzene rings is 2. The highest BCUT2D eigenvalue weighted by molar-refractivity contribution is 9.09. The highest BCUT2D eigenvalue weighted by Crippen LogP contribution is 2.36. The summed E-state index contributed by atoms with van der Waals surface area (Å²) in [4.78, 5) is 28.1. The summed E-state index contributed by atoms with van der Waals surface area (Å²) in [6.07, 6.45) is 0.730. The predicted molar refractivity (Wildman–Crippen MR) is 125 cm³/mol. The van der Waals surface area contributed by atoms with Crippen molar-refractivity contribution in [3.63, 3.8) is 0 Å². The fourth-order valence-electron chi connectivity index (χ4n) is 3.59. The molecular weight excluding hydrogens is 482 g/mol. The number of methoxy groups -OCH3 is 2. The molecule has 1 aliphatic rings. The standard InChI is InChI=1S/C22H26BrN3O6/c1-30-19-7-4-3-6-17(19)24-9-11-25(12-10-24)22(27)16-14-20(31-2)21(32-13-5-8-23)15-18(16)26(28)29/h3-4,6-7,14-15H,5,8-13H2,1-2H3. The van der Waals surface area contributed by atoms with E-state index in [0.29, 0.717) is 38.5 Å². The third-order valence-corrected chi connectivity index (χ3v) is 5.80. The Labute approximate surface area is 195 Å². The fourth-order valence-corrected chi connectivity index (χ4v) is 3.82. The van der Waals surface area contributed by atoms with Gasteiger partial charge < -0.3 is 24.0 Å². The van der Waals surface area contributed by atoms with E-state index >= 15 is 0 Å². The van der Waals surface area contributed by atoms with Crippen molar-refractivity contribution < 1.29 is 23.9 Å². The Bertz CT molecular complexity index is 963. The largest absolute Gasteiger partial charge is 0.495 e. The van der Waals surface area contributed by atoms with Crippen LogP contribution >= 0.6 is 15.9 Å². The van der Waals surface area contributed by atoms with E-state index in [4.69, 9.17) is 14.2 Å². The number of ether oxygens (including phenoxy) is 3. The number of piperazine rings is 1. The molecule has 3 rings (SSSR count). The van der Waals surface area contributed by atoms with Gasteiger partial charge >= 0.3 is 0 Å². The molecular formula is C22H26BrN3O6. The Morgan fingerprint density at radius 2 is 1.75 bits per heavy atom. The number of hydrogen-bond acceptors (Lipinski definition) is 7. The molecule has 1 aliphatic heterocycles. The summed E-state index contributed by atoms with van der Waals surface area (Å²) < 4.78 is 16.4. The third kappa shape index (κ3) is 5.24. The van der Waals surface area contributed by atoms with Crippen molar-refractivity contribution >= 4 is 33.2 Å². The van der Waals surface area contributed by atoms with Crippen molar-refractivity contribution in [2.45, 2.75) is 6.42 Å². The lowest BCUT2D eigenvalue weighted by Gasteiger charge is -2.36. The highest BCUT2D eigenvalue weighted by atomic mass is 79.9. The molecule has 0 atom stereocenters. The van der Waals surface area contributed by atoms with Crippen molar-refractivity contribution in [1.82, 2.24) is 4.90 Å². The third-order valence-electron chi connectivity index (χ3n) is 5.24. The van der Waals surface area contributed by atoms with Gasteiger partial charge in [-0.05, 0) is 18.6 Å². The maximum Gasteiger partial charge on any atom is 0.286 e. The van der Waals surface area contributed by atoms with Crippen LogP contribution in [0.3, 0.4) is 0 Å². The molecule has 172 valence electrons. The smallest absolute Gasteiger partial charge is 0.286 e. The maximum absolute atomic E-state index is 13.2. The van der Waals surface area contributed by atoms with Crippen molar-refractivity contribution in [2.75, 3.05) is 57.2 Å². The topological polar surface area (TPSA) is 94.4 Å². The summed E-state index contributed by atoms with van der Waals surface area (Å²) in [5.41, 5.74) is 0.655. The average Bonchev–Trinajstić information content (AvgIpc) is 2.83. The summed E-state index contributed by atoms with van der Waals surface area (Å²) in [6.45, 7) is 2.41. The molecule has 1 heterocycles. The van der Waals surface area contributed by atoms with E-state index < -0.39 is 10.8 Å². The van der Waals surface area contributed by atoms with Crippen LogP contribution in [0.4, 0.5) is 11.4 Å². The Morgan fingerprint density at radius 3 is 2.38 bits per heavy atom. The monoisotopic (exact) mass is 507 g/mol. The van der Waals surface area contributed by atoms with Gasteiger partial charge in [-0.2, -0.15) is 0 Å². The first-order valence-electron chi connectivity index (χ1n) is 10.2. The second-order valence-corrected chi connectivity index (χ2v) is 7.91. The van der Waals surface area contributed by atoms with Crippen molar-refractivity contribution in [2.24, 2.45) is 0 Å². The maximum atomic E-state index is 13.2. The summed E-state index contributed by atoms with van der Waals surface area (Å²) in [7, 11) is 3.07. The number of para-hydroxylation sites is 2. The van der Waals surface area contributed by atoms with Crippen molar-refractivity contribution in [3.05, 3.63) is 52.1 Å². The van der Waals surface area contributed by atoms with E-state index in [2.05, 4.69) is 20.8 Å². The lowest BCUT2D eigenvalue weighted by atomic mass is 10.1. The Morgan fingerprint density at radius 1 is 1.06 bits per heavy atom. The zero-order chi connectivity index (χ0) is 23.1. The highest BCUT2D eigenvalue weighted by Gasteiger charge is 2.30. The molecule has 10 heteroatoms. The Balaban J connectivity index is 1.79. The van der Waals surface area contributed by atoms with Crippen LogP contribution in [-0.2, 0) is 0 Å². The number of alkyl halides is 1. The van der Waals surface area contributed by atoms with Crippen molar-refractivity contribution in [1.29, 1.82) is 0 Å². The molecule has 0 aliphatic carbocycles. The first kappa shape index (κ1) is 23.6. The predicted octanol–water partition coefficient (Wildman–Crippen LogP) is 3.74. The SMILES string of the molecule is COc1cc(C(=O)N2CCN(c3ccccc3OC)CC2)c([N+](=O)[O-])cc1OCCCBr. The molecule has 9 nitrogen and oxygen atoms in total. The van der Waals surface area contributed by atoms with Crippen molar-refractivity contribution in [3.8, 4) is 17.2 Å². The number of nitrogens with zero attached hydrogens (tertiary/aromatic N) is 3. The van der Waals surface area contributed by atoms with Gasteiger partial charge in [-0.15, -0.1) is 0 Å². The number of hydrogen-bond donors (Lipinski definition) is 0. The number of amides is 1. The van der Waals surface area contributed by atoms with Crippen LogP contribution in [0.25, 0.3) is 0 Å². The van der Waals surface area contributed by atoms with E-state index in [-0.39, 0.29) is 17.0 Å². The second-order valence-electron chi connectivity index (χ2n) is 7.12. The molecule has 0 N–H and O–H groups in total. The summed E-state index contributed by atoms with van der Waals surface area (Å²) in [5.74, 6) is 0.906. The number of carbonyl (C=O) groups is 1. The van der Waals surface area contributed by atoms with Gasteiger partial charge in [0.05, 0.1) is 37.5 Å². The Hall–Kier alpha value is -3.01. The van der Waals surface area contributed by atoms with E-state index in [1.165, 1.54) is 19.2 Å². The van der Waals surface area contributed by atoms with Gasteiger partial charge in [0.2, 0.25) is 0 Å². The van der Waals surface area contributed by atoms with Crippen LogP contribution < -0.4 is 19.1 Å². The first-order chi connectivity index (χ1) is 15.5. The first-order valence-corrected chi connectivity index (χ1v) is 11.3. The van der Waals surface area contributed by atoms with Gasteiger partial charge in [-0.3, -0.25) is 14.9 Å². The number of carbonyl (C=O) groups excluding carboxylic acids is 1. The molecule has 0 radical (unpaired) electrons. The molecule has 1 saturated heterocycles. The molecule has 1 fully saturated rings.